The van der Waals surface area contributed by atoms with Gasteiger partial charge in [-0.3, -0.25) is 4.79 Å². The molecule has 2 rings (SSSR count). The lowest BCUT2D eigenvalue weighted by molar-refractivity contribution is -0.114. The second-order valence-electron chi connectivity index (χ2n) is 4.30. The molecule has 0 saturated carbocycles. The Bertz CT molecular complexity index is 600. The number of para-hydroxylation sites is 1. The topological polar surface area (TPSA) is 64.9 Å². The molecular formula is C16H15N3O. The first kappa shape index (κ1) is 13.6. The van der Waals surface area contributed by atoms with E-state index in [-0.39, 0.29) is 12.5 Å². The number of hydrogen-bond donors (Lipinski definition) is 2. The van der Waals surface area contributed by atoms with Gasteiger partial charge in [-0.25, -0.2) is 0 Å². The zero-order valence-electron chi connectivity index (χ0n) is 11.0. The molecule has 1 amide bonds. The molecule has 2 aromatic rings. The van der Waals surface area contributed by atoms with E-state index in [0.29, 0.717) is 6.42 Å². The molecule has 0 aromatic heterocycles. The van der Waals surface area contributed by atoms with Crippen LogP contribution in [0.4, 0.5) is 11.4 Å². The van der Waals surface area contributed by atoms with E-state index >= 15 is 0 Å². The van der Waals surface area contributed by atoms with Gasteiger partial charge in [0, 0.05) is 11.4 Å². The molecule has 0 bridgehead atoms. The van der Waals surface area contributed by atoms with Gasteiger partial charge in [-0.15, -0.1) is 0 Å². The Morgan fingerprint density at radius 2 is 1.70 bits per heavy atom. The van der Waals surface area contributed by atoms with E-state index in [0.717, 1.165) is 16.9 Å². The number of carbonyl (C=O) groups is 1. The Morgan fingerprint density at radius 3 is 2.35 bits per heavy atom. The van der Waals surface area contributed by atoms with Crippen molar-refractivity contribution in [1.29, 1.82) is 5.26 Å². The lowest BCUT2D eigenvalue weighted by Crippen LogP contribution is -2.21. The summed E-state index contributed by atoms with van der Waals surface area (Å²) in [5.74, 6) is -0.109. The lowest BCUT2D eigenvalue weighted by atomic mass is 10.1. The number of anilines is 2. The Kier molecular flexibility index (Phi) is 4.74. The van der Waals surface area contributed by atoms with Crippen LogP contribution in [-0.4, -0.2) is 12.5 Å². The summed E-state index contributed by atoms with van der Waals surface area (Å²) in [7, 11) is 0. The van der Waals surface area contributed by atoms with Gasteiger partial charge in [-0.1, -0.05) is 30.3 Å². The molecule has 0 saturated heterocycles. The predicted molar refractivity (Wildman–Crippen MR) is 79.3 cm³/mol. The van der Waals surface area contributed by atoms with E-state index in [1.807, 2.05) is 42.5 Å². The lowest BCUT2D eigenvalue weighted by Gasteiger charge is -2.08. The van der Waals surface area contributed by atoms with Crippen molar-refractivity contribution in [1.82, 2.24) is 0 Å². The molecule has 100 valence electrons. The van der Waals surface area contributed by atoms with Gasteiger partial charge in [-0.05, 0) is 29.8 Å². The normalized spacial score (nSPS) is 9.55. The van der Waals surface area contributed by atoms with E-state index in [2.05, 4.69) is 16.7 Å². The van der Waals surface area contributed by atoms with Gasteiger partial charge in [0.2, 0.25) is 5.91 Å². The van der Waals surface area contributed by atoms with E-state index in [1.54, 1.807) is 12.1 Å². The fourth-order valence-corrected chi connectivity index (χ4v) is 1.74. The molecule has 2 aromatic carbocycles. The van der Waals surface area contributed by atoms with Gasteiger partial charge in [0.05, 0.1) is 19.0 Å². The molecule has 0 atom stereocenters. The van der Waals surface area contributed by atoms with Crippen LogP contribution in [0.25, 0.3) is 0 Å². The molecule has 0 aliphatic rings. The van der Waals surface area contributed by atoms with Gasteiger partial charge in [0.25, 0.3) is 0 Å². The van der Waals surface area contributed by atoms with Crippen LogP contribution in [0.2, 0.25) is 0 Å². The molecule has 20 heavy (non-hydrogen) atoms. The monoisotopic (exact) mass is 265 g/mol. The maximum Gasteiger partial charge on any atom is 0.243 e. The van der Waals surface area contributed by atoms with Crippen molar-refractivity contribution in [3.05, 3.63) is 60.2 Å². The maximum atomic E-state index is 11.8. The average Bonchev–Trinajstić information content (AvgIpc) is 2.49. The smallest absolute Gasteiger partial charge is 0.243 e. The van der Waals surface area contributed by atoms with E-state index in [4.69, 9.17) is 5.26 Å². The van der Waals surface area contributed by atoms with E-state index in [1.165, 1.54) is 0 Å². The fourth-order valence-electron chi connectivity index (χ4n) is 1.74. The molecule has 2 N–H and O–H groups in total. The van der Waals surface area contributed by atoms with Crippen molar-refractivity contribution < 1.29 is 4.79 Å². The first-order chi connectivity index (χ1) is 9.78. The molecule has 0 fully saturated rings. The number of rotatable bonds is 5. The quantitative estimate of drug-likeness (QED) is 0.873. The highest BCUT2D eigenvalue weighted by Crippen LogP contribution is 2.10. The Labute approximate surface area is 118 Å². The van der Waals surface area contributed by atoms with Crippen LogP contribution in [0, 0.1) is 11.3 Å². The summed E-state index contributed by atoms with van der Waals surface area (Å²) in [5, 5.41) is 14.4. The zero-order chi connectivity index (χ0) is 14.2. The molecule has 4 heteroatoms. The highest BCUT2D eigenvalue weighted by atomic mass is 16.1. The average molecular weight is 265 g/mol. The number of carbonyl (C=O) groups excluding carboxylic acids is 1. The Morgan fingerprint density at radius 1 is 1.00 bits per heavy atom. The second kappa shape index (κ2) is 6.95. The second-order valence-corrected chi connectivity index (χ2v) is 4.30. The van der Waals surface area contributed by atoms with Crippen LogP contribution in [0.3, 0.4) is 0 Å². The molecule has 4 nitrogen and oxygen atoms in total. The highest BCUT2D eigenvalue weighted by molar-refractivity contribution is 5.93. The van der Waals surface area contributed by atoms with Crippen LogP contribution in [0.15, 0.2) is 54.6 Å². The Balaban J connectivity index is 1.84. The maximum absolute atomic E-state index is 11.8. The van der Waals surface area contributed by atoms with Crippen LogP contribution >= 0.6 is 0 Å². The summed E-state index contributed by atoms with van der Waals surface area (Å²) < 4.78 is 0. The SMILES string of the molecule is N#CCc1ccc(NC(=O)CNc2ccccc2)cc1. The number of nitrogens with one attached hydrogen (secondary N) is 2. The first-order valence-corrected chi connectivity index (χ1v) is 6.32. The van der Waals surface area contributed by atoms with E-state index in [9.17, 15) is 4.79 Å². The summed E-state index contributed by atoms with van der Waals surface area (Å²) in [4.78, 5) is 11.8. The molecular weight excluding hydrogens is 250 g/mol. The third-order valence-corrected chi connectivity index (χ3v) is 2.75. The van der Waals surface area contributed by atoms with Crippen molar-refractivity contribution in [2.75, 3.05) is 17.2 Å². The van der Waals surface area contributed by atoms with Crippen molar-refractivity contribution in [3.8, 4) is 6.07 Å². The molecule has 0 aliphatic heterocycles. The number of amides is 1. The number of nitrogens with zero attached hydrogens (tertiary/aromatic N) is 1. The molecule has 0 unspecified atom stereocenters. The largest absolute Gasteiger partial charge is 0.376 e. The van der Waals surface area contributed by atoms with Crippen LogP contribution < -0.4 is 10.6 Å². The van der Waals surface area contributed by atoms with Crippen LogP contribution in [-0.2, 0) is 11.2 Å². The Hall–Kier alpha value is -2.80. The zero-order valence-corrected chi connectivity index (χ0v) is 11.0. The molecule has 0 spiro atoms. The summed E-state index contributed by atoms with van der Waals surface area (Å²) in [6.07, 6.45) is 0.379. The predicted octanol–water partition coefficient (Wildman–Crippen LogP) is 2.80. The number of hydrogen-bond acceptors (Lipinski definition) is 3. The first-order valence-electron chi connectivity index (χ1n) is 6.32. The van der Waals surface area contributed by atoms with Crippen LogP contribution in [0.1, 0.15) is 5.56 Å². The minimum absolute atomic E-state index is 0.109. The molecule has 0 heterocycles. The van der Waals surface area contributed by atoms with Crippen molar-refractivity contribution in [2.45, 2.75) is 6.42 Å². The molecule has 0 radical (unpaired) electrons. The van der Waals surface area contributed by atoms with Gasteiger partial charge < -0.3 is 10.6 Å². The van der Waals surface area contributed by atoms with Gasteiger partial charge >= 0.3 is 0 Å². The molecule has 0 aliphatic carbocycles. The standard InChI is InChI=1S/C16H15N3O/c17-11-10-13-6-8-15(9-7-13)19-16(20)12-18-14-4-2-1-3-5-14/h1-9,18H,10,12H2,(H,19,20). The van der Waals surface area contributed by atoms with Crippen molar-refractivity contribution in [3.63, 3.8) is 0 Å². The number of nitriles is 1. The third-order valence-electron chi connectivity index (χ3n) is 2.75. The minimum Gasteiger partial charge on any atom is -0.376 e. The van der Waals surface area contributed by atoms with Crippen LogP contribution in [0.5, 0.6) is 0 Å². The van der Waals surface area contributed by atoms with E-state index < -0.39 is 0 Å². The number of benzene rings is 2. The summed E-state index contributed by atoms with van der Waals surface area (Å²) in [6, 6.07) is 18.9. The summed E-state index contributed by atoms with van der Waals surface area (Å²) in [5.41, 5.74) is 2.58. The fraction of sp³-hybridized carbons (Fsp3) is 0.125. The van der Waals surface area contributed by atoms with Gasteiger partial charge in [-0.2, -0.15) is 5.26 Å². The highest BCUT2D eigenvalue weighted by Gasteiger charge is 2.02. The minimum atomic E-state index is -0.109. The van der Waals surface area contributed by atoms with Gasteiger partial charge in [0.15, 0.2) is 0 Å². The third kappa shape index (κ3) is 4.14. The van der Waals surface area contributed by atoms with Gasteiger partial charge in [0.1, 0.15) is 0 Å². The van der Waals surface area contributed by atoms with Crippen molar-refractivity contribution >= 4 is 17.3 Å². The summed E-state index contributed by atoms with van der Waals surface area (Å²) >= 11 is 0. The van der Waals surface area contributed by atoms with Crippen molar-refractivity contribution in [2.24, 2.45) is 0 Å². The summed E-state index contributed by atoms with van der Waals surface area (Å²) in [6.45, 7) is 0.212.